The Morgan fingerprint density at radius 1 is 1.20 bits per heavy atom. The monoisotopic (exact) mass is 508 g/mol. The van der Waals surface area contributed by atoms with Gasteiger partial charge in [0, 0.05) is 32.0 Å². The average molecular weight is 508 g/mol. The Kier molecular flexibility index (Phi) is 10.1. The number of esters is 1. The molecule has 1 aliphatic rings. The summed E-state index contributed by atoms with van der Waals surface area (Å²) in [4.78, 5) is 24.1. The second-order valence-corrected chi connectivity index (χ2v) is 9.20. The van der Waals surface area contributed by atoms with Gasteiger partial charge in [0.2, 0.25) is 0 Å². The first-order valence-corrected chi connectivity index (χ1v) is 11.9. The Morgan fingerprint density at radius 2 is 1.80 bits per heavy atom. The fourth-order valence-corrected chi connectivity index (χ4v) is 5.70. The van der Waals surface area contributed by atoms with E-state index in [0.717, 1.165) is 0 Å². The molecule has 1 aromatic rings. The second-order valence-electron chi connectivity index (χ2n) is 7.21. The van der Waals surface area contributed by atoms with E-state index in [1.54, 1.807) is 13.0 Å². The van der Waals surface area contributed by atoms with E-state index >= 15 is 0 Å². The van der Waals surface area contributed by atoms with Crippen LogP contribution in [0, 0.1) is 10.1 Å². The van der Waals surface area contributed by atoms with E-state index in [9.17, 15) is 19.5 Å². The number of methoxy groups -OCH3 is 3. The maximum atomic E-state index is 14.2. The minimum absolute atomic E-state index is 0.0353. The highest BCUT2D eigenvalue weighted by molar-refractivity contribution is 7.58. The quantitative estimate of drug-likeness (QED) is 0.103. The van der Waals surface area contributed by atoms with Gasteiger partial charge in [0.15, 0.2) is 6.29 Å². The molecule has 11 nitrogen and oxygen atoms in total. The summed E-state index contributed by atoms with van der Waals surface area (Å²) in [5.74, 6) is -1.93. The Bertz CT molecular complexity index is 1080. The van der Waals surface area contributed by atoms with Crippen LogP contribution in [0.25, 0.3) is 0 Å². The topological polar surface area (TPSA) is 135 Å². The van der Waals surface area contributed by atoms with E-state index in [1.807, 2.05) is 0 Å². The summed E-state index contributed by atoms with van der Waals surface area (Å²) < 4.78 is 41.2. The third-order valence-corrected chi connectivity index (χ3v) is 7.22. The highest BCUT2D eigenvalue weighted by Crippen LogP contribution is 2.64. The molecular weight excluding hydrogens is 479 g/mol. The number of non-ortho nitro benzene ring substituents is 1. The van der Waals surface area contributed by atoms with Crippen molar-refractivity contribution in [3.8, 4) is 0 Å². The van der Waals surface area contributed by atoms with Crippen LogP contribution in [0.5, 0.6) is 0 Å². The van der Waals surface area contributed by atoms with E-state index in [4.69, 9.17) is 23.3 Å². The van der Waals surface area contributed by atoms with Gasteiger partial charge < -0.3 is 28.6 Å². The number of rotatable bonds is 13. The number of nitrogens with zero attached hydrogens (tertiary/aromatic N) is 1. The molecule has 12 heteroatoms. The molecule has 1 atom stereocenters. The van der Waals surface area contributed by atoms with Gasteiger partial charge in [0.25, 0.3) is 5.69 Å². The van der Waals surface area contributed by atoms with Gasteiger partial charge in [-0.3, -0.25) is 14.7 Å². The molecule has 0 fully saturated rings. The van der Waals surface area contributed by atoms with E-state index in [2.05, 4.69) is 18.5 Å². The lowest BCUT2D eigenvalue weighted by molar-refractivity contribution is -0.384. The van der Waals surface area contributed by atoms with Gasteiger partial charge in [0.1, 0.15) is 0 Å². The molecule has 0 amide bonds. The molecule has 1 unspecified atom stereocenters. The van der Waals surface area contributed by atoms with E-state index in [0.29, 0.717) is 5.70 Å². The van der Waals surface area contributed by atoms with Crippen LogP contribution in [0.3, 0.4) is 0 Å². The molecule has 1 aromatic carbocycles. The fourth-order valence-electron chi connectivity index (χ4n) is 3.68. The number of dihydropyridines is 1. The highest BCUT2D eigenvalue weighted by Gasteiger charge is 2.46. The van der Waals surface area contributed by atoms with Gasteiger partial charge in [-0.15, -0.1) is 13.2 Å². The zero-order valence-electron chi connectivity index (χ0n) is 20.0. The lowest BCUT2D eigenvalue weighted by Gasteiger charge is -2.36. The normalized spacial score (nSPS) is 16.2. The molecule has 0 radical (unpaired) electrons. The highest BCUT2D eigenvalue weighted by atomic mass is 31.2. The van der Waals surface area contributed by atoms with Crippen LogP contribution in [0.2, 0.25) is 0 Å². The zero-order chi connectivity index (χ0) is 26.2. The molecule has 0 saturated carbocycles. The van der Waals surface area contributed by atoms with Crippen LogP contribution in [0.15, 0.2) is 71.9 Å². The Morgan fingerprint density at radius 3 is 2.29 bits per heavy atom. The van der Waals surface area contributed by atoms with Crippen molar-refractivity contribution in [3.63, 3.8) is 0 Å². The summed E-state index contributed by atoms with van der Waals surface area (Å²) in [7, 11) is -0.195. The van der Waals surface area contributed by atoms with Crippen LogP contribution in [0.1, 0.15) is 18.4 Å². The van der Waals surface area contributed by atoms with E-state index < -0.39 is 30.7 Å². The smallest absolute Gasteiger partial charge is 0.360 e. The first-order chi connectivity index (χ1) is 16.7. The van der Waals surface area contributed by atoms with Crippen LogP contribution in [-0.4, -0.2) is 51.7 Å². The van der Waals surface area contributed by atoms with Crippen LogP contribution in [-0.2, 0) is 32.6 Å². The minimum atomic E-state index is -4.12. The molecule has 0 saturated heterocycles. The first-order valence-electron chi connectivity index (χ1n) is 10.4. The lowest BCUT2D eigenvalue weighted by atomic mass is 9.85. The molecule has 190 valence electrons. The number of benzene rings is 1. The van der Waals surface area contributed by atoms with Gasteiger partial charge in [0.05, 0.1) is 47.7 Å². The van der Waals surface area contributed by atoms with Gasteiger partial charge in [-0.25, -0.2) is 4.79 Å². The maximum Gasteiger partial charge on any atom is 0.360 e. The van der Waals surface area contributed by atoms with Crippen molar-refractivity contribution in [1.82, 2.24) is 5.32 Å². The molecule has 2 rings (SSSR count). The number of nitro benzene ring substituents is 1. The molecular formula is C23H29N2O9P. The first kappa shape index (κ1) is 28.2. The SMILES string of the molecule is C=CCOP(=O)(OCC=C)C1=C(C)NC(C(OC)OC)=C(C(=O)OC)C1c1cccc([N+](=O)[O-])c1. The van der Waals surface area contributed by atoms with Crippen LogP contribution < -0.4 is 5.32 Å². The van der Waals surface area contributed by atoms with Crippen molar-refractivity contribution >= 4 is 19.3 Å². The Labute approximate surface area is 203 Å². The van der Waals surface area contributed by atoms with Crippen LogP contribution >= 0.6 is 7.60 Å². The van der Waals surface area contributed by atoms with Crippen molar-refractivity contribution in [2.24, 2.45) is 0 Å². The number of ether oxygens (including phenoxy) is 3. The summed E-state index contributed by atoms with van der Waals surface area (Å²) in [6, 6.07) is 5.61. The standard InChI is InChI=1S/C23H29N2O9P/c1-7-12-33-35(29,34-13-8-2)21-15(3)24-20(23(31-5)32-6)19(22(26)30-4)18(21)16-10-9-11-17(14-16)25(27)28/h7-11,14,18,23-24H,1-2,12-13H2,3-6H3. The Balaban J connectivity index is 2.94. The van der Waals surface area contributed by atoms with Crippen molar-refractivity contribution in [2.75, 3.05) is 34.5 Å². The number of hydrogen-bond acceptors (Lipinski definition) is 10. The van der Waals surface area contributed by atoms with Crippen molar-refractivity contribution in [1.29, 1.82) is 0 Å². The molecule has 0 aliphatic carbocycles. The number of allylic oxidation sites excluding steroid dienone is 2. The van der Waals surface area contributed by atoms with Gasteiger partial charge in [-0.05, 0) is 12.5 Å². The number of carbonyl (C=O) groups excluding carboxylic acids is 1. The summed E-state index contributed by atoms with van der Waals surface area (Å²) in [6.07, 6.45) is 1.75. The largest absolute Gasteiger partial charge is 0.466 e. The molecule has 35 heavy (non-hydrogen) atoms. The van der Waals surface area contributed by atoms with Crippen molar-refractivity contribution in [2.45, 2.75) is 19.1 Å². The summed E-state index contributed by atoms with van der Waals surface area (Å²) in [5.41, 5.74) is 0.515. The molecule has 1 aliphatic heterocycles. The minimum Gasteiger partial charge on any atom is -0.466 e. The van der Waals surface area contributed by atoms with Gasteiger partial charge in [-0.1, -0.05) is 24.3 Å². The van der Waals surface area contributed by atoms with E-state index in [1.165, 1.54) is 51.7 Å². The summed E-state index contributed by atoms with van der Waals surface area (Å²) in [5, 5.41) is 14.6. The predicted octanol–water partition coefficient (Wildman–Crippen LogP) is 4.16. The summed E-state index contributed by atoms with van der Waals surface area (Å²) >= 11 is 0. The molecule has 0 bridgehead atoms. The van der Waals surface area contributed by atoms with Crippen molar-refractivity contribution < 1.29 is 37.5 Å². The summed E-state index contributed by atoms with van der Waals surface area (Å²) in [6.45, 7) is 8.52. The second kappa shape index (κ2) is 12.6. The average Bonchev–Trinajstić information content (AvgIpc) is 2.86. The molecule has 1 heterocycles. The number of nitrogens with one attached hydrogen (secondary N) is 1. The predicted molar refractivity (Wildman–Crippen MR) is 128 cm³/mol. The Hall–Kier alpha value is -3.08. The third kappa shape index (κ3) is 6.14. The zero-order valence-corrected chi connectivity index (χ0v) is 20.9. The van der Waals surface area contributed by atoms with E-state index in [-0.39, 0.29) is 41.0 Å². The van der Waals surface area contributed by atoms with Gasteiger partial charge in [-0.2, -0.15) is 0 Å². The van der Waals surface area contributed by atoms with Crippen molar-refractivity contribution in [3.05, 3.63) is 87.5 Å². The fraction of sp³-hybridized carbons (Fsp3) is 0.348. The van der Waals surface area contributed by atoms with Crippen LogP contribution in [0.4, 0.5) is 5.69 Å². The molecule has 0 aromatic heterocycles. The lowest BCUT2D eigenvalue weighted by Crippen LogP contribution is -2.37. The van der Waals surface area contributed by atoms with Gasteiger partial charge >= 0.3 is 13.6 Å². The maximum absolute atomic E-state index is 14.2. The molecule has 1 N–H and O–H groups in total. The number of hydrogen-bond donors (Lipinski definition) is 1. The number of nitro groups is 1. The third-order valence-electron chi connectivity index (χ3n) is 5.06. The molecule has 0 spiro atoms. The number of carbonyl (C=O) groups is 1.